The second-order valence-corrected chi connectivity index (χ2v) is 6.86. The Labute approximate surface area is 139 Å². The largest absolute Gasteiger partial charge is 0.378 e. The Bertz CT molecular complexity index is 624. The topological polar surface area (TPSA) is 106 Å². The van der Waals surface area contributed by atoms with Gasteiger partial charge >= 0.3 is 0 Å². The summed E-state index contributed by atoms with van der Waals surface area (Å²) in [6, 6.07) is 4.03. The fourth-order valence-electron chi connectivity index (χ4n) is 2.57. The molecule has 0 radical (unpaired) electrons. The lowest BCUT2D eigenvalue weighted by Gasteiger charge is -2.34. The molecule has 2 aliphatic rings. The van der Waals surface area contributed by atoms with E-state index in [9.17, 15) is 14.9 Å². The number of morpholine rings is 1. The third kappa shape index (κ3) is 3.49. The first-order valence-electron chi connectivity index (χ1n) is 7.25. The van der Waals surface area contributed by atoms with Gasteiger partial charge in [0.25, 0.3) is 0 Å². The van der Waals surface area contributed by atoms with Crippen molar-refractivity contribution in [2.75, 3.05) is 32.1 Å². The SMILES string of the molecule is CC1(C)C(C#N)=C(SCC(=O)N2CCOCC2)NC(=O)[C@H]1C#N. The number of hydrogen-bond donors (Lipinski definition) is 1. The molecule has 0 unspecified atom stereocenters. The van der Waals surface area contributed by atoms with Gasteiger partial charge in [0.1, 0.15) is 5.92 Å². The molecule has 0 saturated carbocycles. The van der Waals surface area contributed by atoms with Crippen LogP contribution >= 0.6 is 11.8 Å². The van der Waals surface area contributed by atoms with Gasteiger partial charge in [0.15, 0.2) is 0 Å². The van der Waals surface area contributed by atoms with Gasteiger partial charge in [-0.05, 0) is 0 Å². The molecule has 2 amide bonds. The van der Waals surface area contributed by atoms with Gasteiger partial charge in [0, 0.05) is 18.5 Å². The van der Waals surface area contributed by atoms with Crippen LogP contribution in [0.25, 0.3) is 0 Å². The highest BCUT2D eigenvalue weighted by atomic mass is 32.2. The van der Waals surface area contributed by atoms with Crippen LogP contribution in [-0.4, -0.2) is 48.8 Å². The van der Waals surface area contributed by atoms with Crippen molar-refractivity contribution in [1.29, 1.82) is 10.5 Å². The molecular formula is C15H18N4O3S. The van der Waals surface area contributed by atoms with Crippen molar-refractivity contribution in [3.63, 3.8) is 0 Å². The Kier molecular flexibility index (Phi) is 5.30. The van der Waals surface area contributed by atoms with E-state index in [1.54, 1.807) is 18.7 Å². The molecule has 8 heteroatoms. The van der Waals surface area contributed by atoms with Crippen LogP contribution in [0.5, 0.6) is 0 Å². The smallest absolute Gasteiger partial charge is 0.243 e. The first kappa shape index (κ1) is 17.3. The molecule has 0 spiro atoms. The van der Waals surface area contributed by atoms with E-state index in [4.69, 9.17) is 10.00 Å². The molecule has 1 fully saturated rings. The Morgan fingerprint density at radius 2 is 2.09 bits per heavy atom. The number of allylic oxidation sites excluding steroid dienone is 1. The zero-order valence-corrected chi connectivity index (χ0v) is 13.9. The van der Waals surface area contributed by atoms with Crippen LogP contribution in [0.3, 0.4) is 0 Å². The maximum atomic E-state index is 12.2. The lowest BCUT2D eigenvalue weighted by molar-refractivity contribution is -0.132. The van der Waals surface area contributed by atoms with E-state index in [0.717, 1.165) is 11.8 Å². The number of thioether (sulfide) groups is 1. The van der Waals surface area contributed by atoms with Crippen molar-refractivity contribution in [2.24, 2.45) is 11.3 Å². The highest BCUT2D eigenvalue weighted by Gasteiger charge is 2.44. The molecule has 23 heavy (non-hydrogen) atoms. The number of hydrogen-bond acceptors (Lipinski definition) is 6. The second kappa shape index (κ2) is 7.03. The summed E-state index contributed by atoms with van der Waals surface area (Å²) in [5.74, 6) is -1.28. The summed E-state index contributed by atoms with van der Waals surface area (Å²) in [6.45, 7) is 5.55. The van der Waals surface area contributed by atoms with Gasteiger partial charge in [0.2, 0.25) is 11.8 Å². The third-order valence-electron chi connectivity index (χ3n) is 4.04. The van der Waals surface area contributed by atoms with Crippen LogP contribution in [0.15, 0.2) is 10.6 Å². The predicted octanol–water partition coefficient (Wildman–Crippen LogP) is 0.609. The average Bonchev–Trinajstić information content (AvgIpc) is 2.53. The van der Waals surface area contributed by atoms with Gasteiger partial charge in [-0.25, -0.2) is 0 Å². The Hall–Kier alpha value is -2.03. The number of nitriles is 2. The number of nitrogens with one attached hydrogen (secondary N) is 1. The lowest BCUT2D eigenvalue weighted by atomic mass is 9.72. The van der Waals surface area contributed by atoms with Crippen LogP contribution < -0.4 is 5.32 Å². The minimum Gasteiger partial charge on any atom is -0.378 e. The molecule has 2 aliphatic heterocycles. The summed E-state index contributed by atoms with van der Waals surface area (Å²) in [6.07, 6.45) is 0. The van der Waals surface area contributed by atoms with E-state index in [1.165, 1.54) is 0 Å². The number of carbonyl (C=O) groups is 2. The second-order valence-electron chi connectivity index (χ2n) is 5.87. The molecule has 122 valence electrons. The van der Waals surface area contributed by atoms with Crippen molar-refractivity contribution < 1.29 is 14.3 Å². The Morgan fingerprint density at radius 3 is 2.65 bits per heavy atom. The van der Waals surface area contributed by atoms with Gasteiger partial charge in [-0.3, -0.25) is 9.59 Å². The van der Waals surface area contributed by atoms with Gasteiger partial charge < -0.3 is 15.0 Å². The maximum absolute atomic E-state index is 12.2. The predicted molar refractivity (Wildman–Crippen MR) is 83.5 cm³/mol. The molecule has 1 N–H and O–H groups in total. The standard InChI is InChI=1S/C15H18N4O3S/c1-15(2)10(7-16)13(21)18-14(11(15)8-17)23-9-12(20)19-3-5-22-6-4-19/h10H,3-6,9H2,1-2H3,(H,18,21)/t10-/m1/s1. The summed E-state index contributed by atoms with van der Waals surface area (Å²) in [7, 11) is 0. The zero-order chi connectivity index (χ0) is 17.0. The van der Waals surface area contributed by atoms with E-state index >= 15 is 0 Å². The van der Waals surface area contributed by atoms with E-state index < -0.39 is 17.2 Å². The molecule has 7 nitrogen and oxygen atoms in total. The summed E-state index contributed by atoms with van der Waals surface area (Å²) < 4.78 is 5.20. The van der Waals surface area contributed by atoms with E-state index in [0.29, 0.717) is 36.9 Å². The number of amides is 2. The number of ether oxygens (including phenoxy) is 1. The van der Waals surface area contributed by atoms with Crippen LogP contribution in [0.2, 0.25) is 0 Å². The fourth-order valence-corrected chi connectivity index (χ4v) is 3.65. The van der Waals surface area contributed by atoms with Crippen LogP contribution in [-0.2, 0) is 14.3 Å². The van der Waals surface area contributed by atoms with Gasteiger partial charge in [-0.15, -0.1) is 0 Å². The fraction of sp³-hybridized carbons (Fsp3) is 0.600. The van der Waals surface area contributed by atoms with Crippen LogP contribution in [0.1, 0.15) is 13.8 Å². The van der Waals surface area contributed by atoms with Crippen molar-refractivity contribution in [3.8, 4) is 12.1 Å². The van der Waals surface area contributed by atoms with Gasteiger partial charge in [0.05, 0.1) is 41.7 Å². The van der Waals surface area contributed by atoms with Crippen molar-refractivity contribution in [3.05, 3.63) is 10.6 Å². The summed E-state index contributed by atoms with van der Waals surface area (Å²) in [5.41, 5.74) is -0.542. The monoisotopic (exact) mass is 334 g/mol. The molecule has 0 aromatic rings. The Balaban J connectivity index is 2.13. The molecule has 0 aromatic heterocycles. The first-order valence-corrected chi connectivity index (χ1v) is 8.24. The quantitative estimate of drug-likeness (QED) is 0.810. The zero-order valence-electron chi connectivity index (χ0n) is 13.1. The van der Waals surface area contributed by atoms with Gasteiger partial charge in [-0.2, -0.15) is 10.5 Å². The third-order valence-corrected chi connectivity index (χ3v) is 5.02. The Morgan fingerprint density at radius 1 is 1.43 bits per heavy atom. The van der Waals surface area contributed by atoms with Crippen molar-refractivity contribution in [1.82, 2.24) is 10.2 Å². The lowest BCUT2D eigenvalue weighted by Crippen LogP contribution is -2.45. The van der Waals surface area contributed by atoms with E-state index in [2.05, 4.69) is 11.4 Å². The first-order chi connectivity index (χ1) is 10.9. The maximum Gasteiger partial charge on any atom is 0.243 e. The molecule has 0 bridgehead atoms. The van der Waals surface area contributed by atoms with E-state index in [1.807, 2.05) is 6.07 Å². The minimum atomic E-state index is -0.920. The van der Waals surface area contributed by atoms with Crippen LogP contribution in [0, 0.1) is 34.0 Å². The molecular weight excluding hydrogens is 316 g/mol. The van der Waals surface area contributed by atoms with Crippen LogP contribution in [0.4, 0.5) is 0 Å². The normalized spacial score (nSPS) is 23.7. The highest BCUT2D eigenvalue weighted by molar-refractivity contribution is 8.03. The molecule has 1 saturated heterocycles. The number of nitrogens with zero attached hydrogens (tertiary/aromatic N) is 3. The van der Waals surface area contributed by atoms with Crippen molar-refractivity contribution in [2.45, 2.75) is 13.8 Å². The minimum absolute atomic E-state index is 0.0578. The molecule has 2 rings (SSSR count). The molecule has 0 aliphatic carbocycles. The van der Waals surface area contributed by atoms with E-state index in [-0.39, 0.29) is 11.7 Å². The number of carbonyl (C=O) groups excluding carboxylic acids is 2. The number of rotatable bonds is 3. The summed E-state index contributed by atoms with van der Waals surface area (Å²) >= 11 is 1.13. The highest BCUT2D eigenvalue weighted by Crippen LogP contribution is 2.41. The average molecular weight is 334 g/mol. The summed E-state index contributed by atoms with van der Waals surface area (Å²) in [5, 5.41) is 21.5. The molecule has 0 aromatic carbocycles. The van der Waals surface area contributed by atoms with Crippen molar-refractivity contribution >= 4 is 23.6 Å². The molecule has 1 atom stereocenters. The molecule has 2 heterocycles. The van der Waals surface area contributed by atoms with Gasteiger partial charge in [-0.1, -0.05) is 25.6 Å². The summed E-state index contributed by atoms with van der Waals surface area (Å²) in [4.78, 5) is 25.9.